The highest BCUT2D eigenvalue weighted by atomic mass is 16.2. The molecule has 0 aromatic carbocycles. The number of carbonyl (C=O) groups excluding carboxylic acids is 3. The molecule has 1 aliphatic carbocycles. The fourth-order valence-electron chi connectivity index (χ4n) is 2.85. The van der Waals surface area contributed by atoms with Crippen molar-refractivity contribution in [2.75, 3.05) is 20.1 Å². The zero-order valence-corrected chi connectivity index (χ0v) is 10.4. The van der Waals surface area contributed by atoms with Crippen LogP contribution in [0.2, 0.25) is 0 Å². The van der Waals surface area contributed by atoms with Crippen molar-refractivity contribution < 1.29 is 14.4 Å². The van der Waals surface area contributed by atoms with Gasteiger partial charge in [0.25, 0.3) is 0 Å². The molecule has 0 atom stereocenters. The summed E-state index contributed by atoms with van der Waals surface area (Å²) in [7, 11) is 2.03. The molecule has 2 saturated heterocycles. The fraction of sp³-hybridized carbons (Fsp3) is 0.750. The van der Waals surface area contributed by atoms with Gasteiger partial charge in [-0.25, -0.2) is 4.79 Å². The first-order chi connectivity index (χ1) is 8.54. The first kappa shape index (κ1) is 11.6. The van der Waals surface area contributed by atoms with Crippen LogP contribution in [-0.2, 0) is 9.59 Å². The number of amides is 4. The number of hydrogen-bond acceptors (Lipinski definition) is 4. The standard InChI is InChI=1S/C12H17N3O3/c1-14-6-2-8(3-7-14)15-10(17)12(4-5-12)9(16)13-11(15)18/h8H,2-7H2,1H3,(H,13,16,18). The van der Waals surface area contributed by atoms with E-state index >= 15 is 0 Å². The Kier molecular flexibility index (Phi) is 2.45. The number of carbonyl (C=O) groups is 3. The van der Waals surface area contributed by atoms with Crippen molar-refractivity contribution in [2.45, 2.75) is 31.7 Å². The number of hydrogen-bond donors (Lipinski definition) is 1. The van der Waals surface area contributed by atoms with Crippen molar-refractivity contribution in [3.05, 3.63) is 0 Å². The summed E-state index contributed by atoms with van der Waals surface area (Å²) in [6.07, 6.45) is 2.74. The second-order valence-corrected chi connectivity index (χ2v) is 5.55. The lowest BCUT2D eigenvalue weighted by Crippen LogP contribution is -2.63. The van der Waals surface area contributed by atoms with Gasteiger partial charge in [0.15, 0.2) is 0 Å². The molecule has 4 amide bonds. The topological polar surface area (TPSA) is 69.7 Å². The molecule has 2 heterocycles. The maximum absolute atomic E-state index is 12.3. The molecule has 98 valence electrons. The van der Waals surface area contributed by atoms with Gasteiger partial charge >= 0.3 is 6.03 Å². The van der Waals surface area contributed by atoms with E-state index in [-0.39, 0.29) is 11.9 Å². The van der Waals surface area contributed by atoms with E-state index in [1.54, 1.807) is 0 Å². The number of barbiturate groups is 1. The molecule has 6 heteroatoms. The van der Waals surface area contributed by atoms with Crippen LogP contribution in [0.1, 0.15) is 25.7 Å². The van der Waals surface area contributed by atoms with Gasteiger partial charge < -0.3 is 4.90 Å². The zero-order chi connectivity index (χ0) is 12.9. The van der Waals surface area contributed by atoms with E-state index in [2.05, 4.69) is 10.2 Å². The van der Waals surface area contributed by atoms with Crippen molar-refractivity contribution >= 4 is 17.8 Å². The summed E-state index contributed by atoms with van der Waals surface area (Å²) in [5.41, 5.74) is -0.905. The van der Waals surface area contributed by atoms with Crippen LogP contribution in [0.15, 0.2) is 0 Å². The minimum Gasteiger partial charge on any atom is -0.306 e. The number of imide groups is 2. The third-order valence-electron chi connectivity index (χ3n) is 4.31. The van der Waals surface area contributed by atoms with Crippen LogP contribution in [-0.4, -0.2) is 53.8 Å². The molecule has 1 saturated carbocycles. The summed E-state index contributed by atoms with van der Waals surface area (Å²) in [6, 6.07) is -0.587. The maximum Gasteiger partial charge on any atom is 0.331 e. The Balaban J connectivity index is 1.80. The summed E-state index contributed by atoms with van der Waals surface area (Å²) in [5.74, 6) is -0.674. The predicted octanol–water partition coefficient (Wildman–Crippen LogP) is -0.0608. The van der Waals surface area contributed by atoms with Crippen molar-refractivity contribution in [1.82, 2.24) is 15.1 Å². The Morgan fingerprint density at radius 3 is 2.33 bits per heavy atom. The van der Waals surface area contributed by atoms with E-state index in [1.807, 2.05) is 7.05 Å². The molecule has 0 bridgehead atoms. The van der Waals surface area contributed by atoms with E-state index in [4.69, 9.17) is 0 Å². The maximum atomic E-state index is 12.3. The summed E-state index contributed by atoms with van der Waals surface area (Å²) < 4.78 is 0. The second-order valence-electron chi connectivity index (χ2n) is 5.55. The van der Waals surface area contributed by atoms with E-state index in [0.29, 0.717) is 12.8 Å². The highest BCUT2D eigenvalue weighted by Crippen LogP contribution is 2.49. The first-order valence-electron chi connectivity index (χ1n) is 6.42. The molecule has 18 heavy (non-hydrogen) atoms. The lowest BCUT2D eigenvalue weighted by Gasteiger charge is -2.39. The SMILES string of the molecule is CN1CCC(N2C(=O)NC(=O)C3(CC3)C2=O)CC1. The van der Waals surface area contributed by atoms with Gasteiger partial charge in [-0.1, -0.05) is 0 Å². The fourth-order valence-corrected chi connectivity index (χ4v) is 2.85. The Bertz CT molecular complexity index is 422. The van der Waals surface area contributed by atoms with Gasteiger partial charge in [0, 0.05) is 6.04 Å². The number of nitrogens with zero attached hydrogens (tertiary/aromatic N) is 2. The quantitative estimate of drug-likeness (QED) is 0.663. The average Bonchev–Trinajstić information content (AvgIpc) is 3.11. The van der Waals surface area contributed by atoms with Gasteiger partial charge in [0.05, 0.1) is 0 Å². The van der Waals surface area contributed by atoms with Crippen LogP contribution in [0.3, 0.4) is 0 Å². The van der Waals surface area contributed by atoms with Crippen LogP contribution in [0.4, 0.5) is 4.79 Å². The van der Waals surface area contributed by atoms with Crippen LogP contribution in [0.5, 0.6) is 0 Å². The molecule has 3 rings (SSSR count). The van der Waals surface area contributed by atoms with Crippen LogP contribution in [0.25, 0.3) is 0 Å². The normalized spacial score (nSPS) is 28.7. The van der Waals surface area contributed by atoms with E-state index in [1.165, 1.54) is 4.90 Å². The molecule has 0 radical (unpaired) electrons. The minimum atomic E-state index is -0.905. The number of likely N-dealkylation sites (tertiary alicyclic amines) is 1. The largest absolute Gasteiger partial charge is 0.331 e. The zero-order valence-electron chi connectivity index (χ0n) is 10.4. The molecule has 0 unspecified atom stereocenters. The third-order valence-corrected chi connectivity index (χ3v) is 4.31. The van der Waals surface area contributed by atoms with E-state index < -0.39 is 17.4 Å². The van der Waals surface area contributed by atoms with Crippen molar-refractivity contribution in [1.29, 1.82) is 0 Å². The number of rotatable bonds is 1. The molecule has 0 aromatic heterocycles. The first-order valence-corrected chi connectivity index (χ1v) is 6.42. The molecule has 1 N–H and O–H groups in total. The third kappa shape index (κ3) is 1.55. The van der Waals surface area contributed by atoms with E-state index in [9.17, 15) is 14.4 Å². The van der Waals surface area contributed by atoms with Gasteiger partial charge in [0.2, 0.25) is 11.8 Å². The van der Waals surface area contributed by atoms with Crippen molar-refractivity contribution in [3.8, 4) is 0 Å². The lowest BCUT2D eigenvalue weighted by molar-refractivity contribution is -0.146. The molecule has 1 spiro atoms. The van der Waals surface area contributed by atoms with Crippen LogP contribution < -0.4 is 5.32 Å². The Hall–Kier alpha value is -1.43. The smallest absolute Gasteiger partial charge is 0.306 e. The average molecular weight is 251 g/mol. The Morgan fingerprint density at radius 1 is 1.17 bits per heavy atom. The van der Waals surface area contributed by atoms with Gasteiger partial charge in [-0.3, -0.25) is 19.8 Å². The minimum absolute atomic E-state index is 0.0562. The van der Waals surface area contributed by atoms with Crippen LogP contribution >= 0.6 is 0 Å². The molecule has 0 aromatic rings. The monoisotopic (exact) mass is 251 g/mol. The Morgan fingerprint density at radius 2 is 1.78 bits per heavy atom. The molecular formula is C12H17N3O3. The van der Waals surface area contributed by atoms with E-state index in [0.717, 1.165) is 25.9 Å². The molecular weight excluding hydrogens is 234 g/mol. The number of nitrogens with one attached hydrogen (secondary N) is 1. The predicted molar refractivity (Wildman–Crippen MR) is 62.6 cm³/mol. The number of piperidine rings is 1. The summed E-state index contributed by atoms with van der Waals surface area (Å²) in [6.45, 7) is 1.76. The second kappa shape index (κ2) is 3.78. The summed E-state index contributed by atoms with van der Waals surface area (Å²) >= 11 is 0. The highest BCUT2D eigenvalue weighted by Gasteiger charge is 2.63. The Labute approximate surface area is 105 Å². The van der Waals surface area contributed by atoms with Crippen molar-refractivity contribution in [3.63, 3.8) is 0 Å². The van der Waals surface area contributed by atoms with Gasteiger partial charge in [-0.2, -0.15) is 0 Å². The molecule has 3 aliphatic rings. The van der Waals surface area contributed by atoms with Crippen LogP contribution in [0, 0.1) is 5.41 Å². The molecule has 2 aliphatic heterocycles. The lowest BCUT2D eigenvalue weighted by atomic mass is 9.97. The van der Waals surface area contributed by atoms with Gasteiger partial charge in [-0.15, -0.1) is 0 Å². The molecule has 3 fully saturated rings. The van der Waals surface area contributed by atoms with Gasteiger partial charge in [0.1, 0.15) is 5.41 Å². The highest BCUT2D eigenvalue weighted by molar-refractivity contribution is 6.21. The number of urea groups is 1. The van der Waals surface area contributed by atoms with Gasteiger partial charge in [-0.05, 0) is 45.8 Å². The van der Waals surface area contributed by atoms with Crippen molar-refractivity contribution in [2.24, 2.45) is 5.41 Å². The summed E-state index contributed by atoms with van der Waals surface area (Å²) in [5, 5.41) is 2.33. The summed E-state index contributed by atoms with van der Waals surface area (Å²) in [4.78, 5) is 39.4. The molecule has 6 nitrogen and oxygen atoms in total.